The van der Waals surface area contributed by atoms with Crippen molar-refractivity contribution in [2.75, 3.05) is 0 Å². The molecule has 0 saturated carbocycles. The average molecular weight is 307 g/mol. The van der Waals surface area contributed by atoms with Crippen LogP contribution in [0.2, 0.25) is 0 Å². The van der Waals surface area contributed by atoms with Crippen LogP contribution in [0.25, 0.3) is 0 Å². The van der Waals surface area contributed by atoms with Gasteiger partial charge in [-0.3, -0.25) is 0 Å². The molecule has 0 bridgehead atoms. The molecular weight excluding hydrogens is 307 g/mol. The maximum Gasteiger partial charge on any atom is 0.442 e. The van der Waals surface area contributed by atoms with E-state index >= 15 is 0 Å². The molecule has 6 heteroatoms. The Labute approximate surface area is 64.9 Å². The lowest BCUT2D eigenvalue weighted by molar-refractivity contribution is -0.157. The highest BCUT2D eigenvalue weighted by Crippen LogP contribution is 2.44. The zero-order chi connectivity index (χ0) is 7.00. The first-order valence-corrected chi connectivity index (χ1v) is 3.26. The predicted octanol–water partition coefficient (Wildman–Crippen LogP) is 3.00. The second kappa shape index (κ2) is 2.28. The van der Waals surface area contributed by atoms with Gasteiger partial charge in [-0.1, -0.05) is 0 Å². The van der Waals surface area contributed by atoms with Crippen LogP contribution < -0.4 is 0 Å². The highest BCUT2D eigenvalue weighted by Gasteiger charge is 2.52. The molecule has 0 rings (SSSR count). The van der Waals surface area contributed by atoms with Gasteiger partial charge in [0.15, 0.2) is 0 Å². The second-order valence-corrected chi connectivity index (χ2v) is 5.06. The molecule has 0 spiro atoms. The van der Waals surface area contributed by atoms with Crippen molar-refractivity contribution < 1.29 is 17.6 Å². The largest absolute Gasteiger partial charge is 0.442 e. The molecule has 0 radical (unpaired) electrons. The first-order chi connectivity index (χ1) is 3.25. The van der Waals surface area contributed by atoms with Gasteiger partial charge in [0.25, 0.3) is 0 Å². The highest BCUT2D eigenvalue weighted by atomic mass is 127. The summed E-state index contributed by atoms with van der Waals surface area (Å²) in [6.45, 7) is 0. The van der Waals surface area contributed by atoms with Crippen LogP contribution in [-0.4, -0.2) is 8.76 Å². The summed E-state index contributed by atoms with van der Waals surface area (Å²) in [5.74, 6) is 0. The predicted molar refractivity (Wildman–Crippen MR) is 32.8 cm³/mol. The molecule has 0 amide bonds. The molecule has 8 heavy (non-hydrogen) atoms. The van der Waals surface area contributed by atoms with E-state index in [-0.39, 0.29) is 0 Å². The van der Waals surface area contributed by atoms with Crippen molar-refractivity contribution in [3.05, 3.63) is 0 Å². The number of halogens is 6. The van der Waals surface area contributed by atoms with Crippen LogP contribution in [0.1, 0.15) is 0 Å². The van der Waals surface area contributed by atoms with Gasteiger partial charge < -0.3 is 0 Å². The third-order valence-electron chi connectivity index (χ3n) is 0.321. The molecule has 0 aromatic carbocycles. The fourth-order valence-corrected chi connectivity index (χ4v) is 0. The lowest BCUT2D eigenvalue weighted by Gasteiger charge is -2.13. The Balaban J connectivity index is 4.02. The molecule has 0 N–H and O–H groups in total. The van der Waals surface area contributed by atoms with Crippen LogP contribution in [-0.2, 0) is 0 Å². The Morgan fingerprint density at radius 1 is 1.12 bits per heavy atom. The molecule has 0 heterocycles. The Bertz CT molecular complexity index is 69.0. The van der Waals surface area contributed by atoms with E-state index in [9.17, 15) is 17.6 Å². The van der Waals surface area contributed by atoms with Gasteiger partial charge in [-0.05, 0) is 38.5 Å². The summed E-state index contributed by atoms with van der Waals surface area (Å²) in [6.07, 6.45) is -4.83. The lowest BCUT2D eigenvalue weighted by atomic mass is 10.8. The molecule has 0 nitrogen and oxygen atoms in total. The number of hydrogen-bond donors (Lipinski definition) is 0. The van der Waals surface area contributed by atoms with Crippen molar-refractivity contribution in [2.45, 2.75) is 8.76 Å². The van der Waals surface area contributed by atoms with E-state index < -0.39 is 8.76 Å². The van der Waals surface area contributed by atoms with Gasteiger partial charge in [-0.25, -0.2) is 4.39 Å². The maximum absolute atomic E-state index is 11.7. The molecule has 1 atom stereocenters. The number of alkyl halides is 6. The minimum absolute atomic E-state index is 0.608. The third kappa shape index (κ3) is 2.47. The summed E-state index contributed by atoms with van der Waals surface area (Å²) in [5.41, 5.74) is 0. The second-order valence-electron chi connectivity index (χ2n) is 0.996. The monoisotopic (exact) mass is 306 g/mol. The van der Waals surface area contributed by atoms with Crippen LogP contribution in [0.4, 0.5) is 17.6 Å². The minimum atomic E-state index is -4.83. The van der Waals surface area contributed by atoms with Gasteiger partial charge >= 0.3 is 8.76 Å². The van der Waals surface area contributed by atoms with E-state index in [0.29, 0.717) is 22.6 Å². The normalized spacial score (nSPS) is 20.2. The Kier molecular flexibility index (Phi) is 2.54. The molecule has 0 aromatic heterocycles. The van der Waals surface area contributed by atoms with E-state index in [1.165, 1.54) is 0 Å². The summed E-state index contributed by atoms with van der Waals surface area (Å²) in [6, 6.07) is 0. The number of hydrogen-bond acceptors (Lipinski definition) is 0. The number of rotatable bonds is 0. The molecular formula is C2BrF4I. The quantitative estimate of drug-likeness (QED) is 0.367. The van der Waals surface area contributed by atoms with Crippen LogP contribution >= 0.6 is 38.5 Å². The van der Waals surface area contributed by atoms with Crippen molar-refractivity contribution in [1.29, 1.82) is 0 Å². The SMILES string of the molecule is FC(F)(F)C(F)(Br)I. The molecule has 0 aromatic rings. The summed E-state index contributed by atoms with van der Waals surface area (Å²) in [4.78, 5) is 0. The van der Waals surface area contributed by atoms with E-state index in [4.69, 9.17) is 0 Å². The molecule has 1 unspecified atom stereocenters. The van der Waals surface area contributed by atoms with Crippen molar-refractivity contribution >= 4 is 38.5 Å². The fourth-order valence-electron chi connectivity index (χ4n) is 0. The van der Waals surface area contributed by atoms with Crippen LogP contribution in [0.15, 0.2) is 0 Å². The Morgan fingerprint density at radius 2 is 1.25 bits per heavy atom. The van der Waals surface area contributed by atoms with Gasteiger partial charge in [0, 0.05) is 0 Å². The minimum Gasteiger partial charge on any atom is -0.209 e. The molecule has 0 saturated heterocycles. The summed E-state index contributed by atoms with van der Waals surface area (Å²) in [5, 5.41) is 0. The van der Waals surface area contributed by atoms with E-state index in [2.05, 4.69) is 0 Å². The van der Waals surface area contributed by atoms with E-state index in [0.717, 1.165) is 0 Å². The van der Waals surface area contributed by atoms with Crippen molar-refractivity contribution in [1.82, 2.24) is 0 Å². The average Bonchev–Trinajstić information content (AvgIpc) is 1.25. The van der Waals surface area contributed by atoms with Crippen molar-refractivity contribution in [3.63, 3.8) is 0 Å². The highest BCUT2D eigenvalue weighted by molar-refractivity contribution is 14.1. The van der Waals surface area contributed by atoms with Crippen molar-refractivity contribution in [2.24, 2.45) is 0 Å². The Hall–Kier alpha value is 0.930. The van der Waals surface area contributed by atoms with Crippen LogP contribution in [0.3, 0.4) is 0 Å². The molecule has 0 aliphatic heterocycles. The molecule has 0 aliphatic carbocycles. The van der Waals surface area contributed by atoms with E-state index in [1.807, 2.05) is 0 Å². The van der Waals surface area contributed by atoms with Gasteiger partial charge in [-0.15, -0.1) is 0 Å². The summed E-state index contributed by atoms with van der Waals surface area (Å²) >= 11 is 2.40. The van der Waals surface area contributed by atoms with Gasteiger partial charge in [0.1, 0.15) is 0 Å². The van der Waals surface area contributed by atoms with Gasteiger partial charge in [0.2, 0.25) is 0 Å². The first kappa shape index (κ1) is 8.93. The first-order valence-electron chi connectivity index (χ1n) is 1.38. The zero-order valence-electron chi connectivity index (χ0n) is 3.27. The van der Waals surface area contributed by atoms with Crippen molar-refractivity contribution in [3.8, 4) is 0 Å². The zero-order valence-corrected chi connectivity index (χ0v) is 7.01. The molecule has 50 valence electrons. The van der Waals surface area contributed by atoms with Gasteiger partial charge in [-0.2, -0.15) is 13.2 Å². The lowest BCUT2D eigenvalue weighted by Crippen LogP contribution is -2.27. The van der Waals surface area contributed by atoms with Gasteiger partial charge in [0.05, 0.1) is 0 Å². The smallest absolute Gasteiger partial charge is 0.209 e. The Morgan fingerprint density at radius 3 is 1.25 bits per heavy atom. The fraction of sp³-hybridized carbons (Fsp3) is 1.00. The molecule has 0 aliphatic rings. The maximum atomic E-state index is 11.7. The van der Waals surface area contributed by atoms with Crippen LogP contribution in [0, 0.1) is 0 Å². The standard InChI is InChI=1S/C2BrF4I/c3-1(4,8)2(5,6)7. The topological polar surface area (TPSA) is 0 Å². The molecule has 0 fully saturated rings. The summed E-state index contributed by atoms with van der Waals surface area (Å²) in [7, 11) is 0. The van der Waals surface area contributed by atoms with E-state index in [1.54, 1.807) is 15.9 Å². The van der Waals surface area contributed by atoms with Crippen LogP contribution in [0.5, 0.6) is 0 Å². The third-order valence-corrected chi connectivity index (χ3v) is 1.38. The summed E-state index contributed by atoms with van der Waals surface area (Å²) < 4.78 is 41.8.